The van der Waals surface area contributed by atoms with Gasteiger partial charge in [0.05, 0.1) is 29.5 Å². The van der Waals surface area contributed by atoms with Crippen LogP contribution in [0.1, 0.15) is 72.1 Å². The standard InChI is InChI=1S/C32H36N4O4/c1-4-7-9-10-18-39-31(37)25(19-33)27-23-14-11-16-35-29(23)28(30-24(27)15-12-17-36-30)26(20-34)32(38)40-21-22(6-3)13-8-5-2/h11-12,14-17,22H,4-10,13,18,21H2,1-3H3. The van der Waals surface area contributed by atoms with Crippen LogP contribution in [0.3, 0.4) is 0 Å². The van der Waals surface area contributed by atoms with Crippen LogP contribution in [-0.4, -0.2) is 35.1 Å². The number of fused-ring (bicyclic) bond motifs is 2. The zero-order valence-corrected chi connectivity index (χ0v) is 23.5. The predicted octanol–water partition coefficient (Wildman–Crippen LogP) is 5.01. The molecule has 0 spiro atoms. The highest BCUT2D eigenvalue weighted by Crippen LogP contribution is 2.17. The highest BCUT2D eigenvalue weighted by molar-refractivity contribution is 6.21. The van der Waals surface area contributed by atoms with Gasteiger partial charge in [-0.05, 0) is 30.9 Å². The molecule has 0 aliphatic heterocycles. The minimum atomic E-state index is -0.750. The predicted molar refractivity (Wildman–Crippen MR) is 154 cm³/mol. The molecule has 0 saturated carbocycles. The molecule has 3 rings (SSSR count). The van der Waals surface area contributed by atoms with Crippen molar-refractivity contribution < 1.29 is 19.1 Å². The fraction of sp³-hybridized carbons (Fsp3) is 0.438. The average Bonchev–Trinajstić information content (AvgIpc) is 2.98. The van der Waals surface area contributed by atoms with Crippen LogP contribution < -0.4 is 10.4 Å². The summed E-state index contributed by atoms with van der Waals surface area (Å²) in [5.41, 5.74) is 0.152. The second-order valence-electron chi connectivity index (χ2n) is 9.73. The van der Waals surface area contributed by atoms with Crippen molar-refractivity contribution in [2.45, 2.75) is 72.1 Å². The highest BCUT2D eigenvalue weighted by atomic mass is 16.5. The van der Waals surface area contributed by atoms with E-state index in [1.165, 1.54) is 12.4 Å². The van der Waals surface area contributed by atoms with Gasteiger partial charge in [-0.3, -0.25) is 9.97 Å². The van der Waals surface area contributed by atoms with Gasteiger partial charge in [0.15, 0.2) is 0 Å². The Balaban J connectivity index is 2.24. The Morgan fingerprint density at radius 3 is 1.93 bits per heavy atom. The Kier molecular flexibility index (Phi) is 11.6. The van der Waals surface area contributed by atoms with E-state index in [1.807, 2.05) is 12.1 Å². The monoisotopic (exact) mass is 540 g/mol. The summed E-state index contributed by atoms with van der Waals surface area (Å²) in [5, 5.41) is 21.6. The van der Waals surface area contributed by atoms with Crippen LogP contribution in [-0.2, 0) is 19.1 Å². The first-order valence-electron chi connectivity index (χ1n) is 14.1. The molecule has 0 saturated heterocycles. The number of unbranched alkanes of at least 4 members (excludes halogenated alkanes) is 4. The molecule has 8 nitrogen and oxygen atoms in total. The largest absolute Gasteiger partial charge is 0.462 e. The number of ether oxygens (including phenoxy) is 2. The van der Waals surface area contributed by atoms with Crippen LogP contribution in [0, 0.1) is 28.6 Å². The molecule has 2 aromatic heterocycles. The lowest BCUT2D eigenvalue weighted by atomic mass is 9.98. The number of nitriles is 2. The van der Waals surface area contributed by atoms with Crippen molar-refractivity contribution >= 4 is 44.9 Å². The van der Waals surface area contributed by atoms with Crippen molar-refractivity contribution in [3.63, 3.8) is 0 Å². The number of hydrogen-bond donors (Lipinski definition) is 0. The van der Waals surface area contributed by atoms with Crippen LogP contribution in [0.25, 0.3) is 33.0 Å². The van der Waals surface area contributed by atoms with Crippen LogP contribution >= 0.6 is 0 Å². The molecule has 208 valence electrons. The van der Waals surface area contributed by atoms with Crippen molar-refractivity contribution in [2.24, 2.45) is 5.92 Å². The molecule has 0 radical (unpaired) electrons. The van der Waals surface area contributed by atoms with E-state index in [0.29, 0.717) is 22.4 Å². The van der Waals surface area contributed by atoms with Gasteiger partial charge < -0.3 is 9.47 Å². The fourth-order valence-corrected chi connectivity index (χ4v) is 4.71. The van der Waals surface area contributed by atoms with Crippen molar-refractivity contribution in [3.05, 3.63) is 47.1 Å². The van der Waals surface area contributed by atoms with E-state index < -0.39 is 11.9 Å². The van der Waals surface area contributed by atoms with Gasteiger partial charge in [0.2, 0.25) is 0 Å². The van der Waals surface area contributed by atoms with Gasteiger partial charge in [0.25, 0.3) is 0 Å². The molecule has 8 heteroatoms. The first kappa shape index (κ1) is 30.2. The number of aromatic nitrogens is 2. The third-order valence-electron chi connectivity index (χ3n) is 6.98. The molecule has 0 amide bonds. The van der Waals surface area contributed by atoms with Gasteiger partial charge in [0.1, 0.15) is 23.3 Å². The topological polar surface area (TPSA) is 126 Å². The van der Waals surface area contributed by atoms with Crippen molar-refractivity contribution in [2.75, 3.05) is 13.2 Å². The van der Waals surface area contributed by atoms with Gasteiger partial charge in [-0.25, -0.2) is 9.59 Å². The summed E-state index contributed by atoms with van der Waals surface area (Å²) in [6.07, 6.45) is 10.7. The quantitative estimate of drug-likeness (QED) is 0.168. The van der Waals surface area contributed by atoms with E-state index in [2.05, 4.69) is 30.7 Å². The maximum atomic E-state index is 13.3. The van der Waals surface area contributed by atoms with Gasteiger partial charge in [-0.1, -0.05) is 71.4 Å². The number of esters is 2. The third kappa shape index (κ3) is 7.01. The van der Waals surface area contributed by atoms with Crippen LogP contribution in [0.4, 0.5) is 0 Å². The van der Waals surface area contributed by atoms with E-state index >= 15 is 0 Å². The number of hydrogen-bond acceptors (Lipinski definition) is 8. The van der Waals surface area contributed by atoms with Crippen molar-refractivity contribution in [1.29, 1.82) is 10.5 Å². The SMILES string of the molecule is CCCCCCOC(=O)C(C#N)=c1c2cccnc2c(=C(C#N)C(=O)OCC(CC)CCCC)c2ncccc12. The molecule has 2 heterocycles. The lowest BCUT2D eigenvalue weighted by Gasteiger charge is -2.14. The Morgan fingerprint density at radius 1 is 0.800 bits per heavy atom. The van der Waals surface area contributed by atoms with E-state index in [-0.39, 0.29) is 46.5 Å². The Bertz CT molecular complexity index is 1500. The molecular formula is C32H36N4O4. The molecule has 0 aliphatic rings. The molecule has 0 aliphatic carbocycles. The summed E-state index contributed by atoms with van der Waals surface area (Å²) >= 11 is 0. The summed E-state index contributed by atoms with van der Waals surface area (Å²) in [4.78, 5) is 35.3. The maximum Gasteiger partial charge on any atom is 0.349 e. The van der Waals surface area contributed by atoms with E-state index in [9.17, 15) is 20.1 Å². The van der Waals surface area contributed by atoms with Gasteiger partial charge in [0, 0.05) is 28.4 Å². The fourth-order valence-electron chi connectivity index (χ4n) is 4.71. The van der Waals surface area contributed by atoms with Crippen LogP contribution in [0.2, 0.25) is 0 Å². The Labute approximate surface area is 234 Å². The first-order chi connectivity index (χ1) is 19.5. The number of pyridine rings is 2. The first-order valence-corrected chi connectivity index (χ1v) is 14.1. The molecule has 40 heavy (non-hydrogen) atoms. The summed E-state index contributed by atoms with van der Waals surface area (Å²) < 4.78 is 11.1. The molecule has 0 fully saturated rings. The molecule has 1 aromatic carbocycles. The average molecular weight is 541 g/mol. The highest BCUT2D eigenvalue weighted by Gasteiger charge is 2.22. The minimum Gasteiger partial charge on any atom is -0.462 e. The number of rotatable bonds is 13. The molecule has 0 N–H and O–H groups in total. The minimum absolute atomic E-state index is 0.180. The second kappa shape index (κ2) is 15.3. The third-order valence-corrected chi connectivity index (χ3v) is 6.98. The van der Waals surface area contributed by atoms with E-state index in [4.69, 9.17) is 9.47 Å². The maximum absolute atomic E-state index is 13.3. The molecule has 3 aromatic rings. The number of carbonyl (C=O) groups excluding carboxylic acids is 2. The lowest BCUT2D eigenvalue weighted by Crippen LogP contribution is -2.26. The summed E-state index contributed by atoms with van der Waals surface area (Å²) in [6, 6.07) is 10.8. The zero-order valence-electron chi connectivity index (χ0n) is 23.5. The van der Waals surface area contributed by atoms with E-state index in [0.717, 1.165) is 44.9 Å². The number of benzene rings is 1. The number of nitrogens with zero attached hydrogens (tertiary/aromatic N) is 4. The smallest absolute Gasteiger partial charge is 0.349 e. The summed E-state index contributed by atoms with van der Waals surface area (Å²) in [5.74, 6) is -1.28. The second-order valence-corrected chi connectivity index (χ2v) is 9.73. The van der Waals surface area contributed by atoms with Crippen molar-refractivity contribution in [3.8, 4) is 12.1 Å². The molecule has 0 bridgehead atoms. The van der Waals surface area contributed by atoms with Gasteiger partial charge in [-0.2, -0.15) is 10.5 Å². The van der Waals surface area contributed by atoms with E-state index in [1.54, 1.807) is 24.3 Å². The van der Waals surface area contributed by atoms with Gasteiger partial charge >= 0.3 is 11.9 Å². The lowest BCUT2D eigenvalue weighted by molar-refractivity contribution is -0.138. The Morgan fingerprint density at radius 2 is 1.38 bits per heavy atom. The summed E-state index contributed by atoms with van der Waals surface area (Å²) in [7, 11) is 0. The van der Waals surface area contributed by atoms with Crippen LogP contribution in [0.5, 0.6) is 0 Å². The Hall–Kier alpha value is -4.30. The molecule has 1 atom stereocenters. The van der Waals surface area contributed by atoms with Gasteiger partial charge in [-0.15, -0.1) is 0 Å². The number of carbonyl (C=O) groups is 2. The zero-order chi connectivity index (χ0) is 28.9. The molecular weight excluding hydrogens is 504 g/mol. The molecule has 1 unspecified atom stereocenters. The van der Waals surface area contributed by atoms with Crippen molar-refractivity contribution in [1.82, 2.24) is 9.97 Å². The normalized spacial score (nSPS) is 11.4. The van der Waals surface area contributed by atoms with Crippen LogP contribution in [0.15, 0.2) is 36.7 Å². The summed E-state index contributed by atoms with van der Waals surface area (Å²) in [6.45, 7) is 6.69.